The summed E-state index contributed by atoms with van der Waals surface area (Å²) < 4.78 is 11.2. The fraction of sp³-hybridized carbons (Fsp3) is 0.714. The molecule has 0 radical (unpaired) electrons. The zero-order valence-electron chi connectivity index (χ0n) is 11.5. The monoisotopic (exact) mass is 239 g/mol. The van der Waals surface area contributed by atoms with Gasteiger partial charge in [0.25, 0.3) is 0 Å². The Labute approximate surface area is 105 Å². The summed E-state index contributed by atoms with van der Waals surface area (Å²) in [5.74, 6) is 1.88. The molecule has 3 heteroatoms. The van der Waals surface area contributed by atoms with E-state index in [4.69, 9.17) is 9.15 Å². The van der Waals surface area contributed by atoms with Crippen LogP contribution in [0.25, 0.3) is 0 Å². The predicted molar refractivity (Wildman–Crippen MR) is 69.8 cm³/mol. The van der Waals surface area contributed by atoms with Crippen molar-refractivity contribution in [2.45, 2.75) is 47.3 Å². The molecular formula is C14H25NO2. The first kappa shape index (κ1) is 14.3. The van der Waals surface area contributed by atoms with Gasteiger partial charge < -0.3 is 14.5 Å². The third-order valence-corrected chi connectivity index (χ3v) is 2.51. The Kier molecular flexibility index (Phi) is 5.72. The van der Waals surface area contributed by atoms with Crippen molar-refractivity contribution in [2.24, 2.45) is 5.41 Å². The predicted octanol–water partition coefficient (Wildman–Crippen LogP) is 3.34. The van der Waals surface area contributed by atoms with Crippen LogP contribution in [-0.2, 0) is 17.9 Å². The van der Waals surface area contributed by atoms with E-state index in [0.717, 1.165) is 37.6 Å². The van der Waals surface area contributed by atoms with Gasteiger partial charge in [0.05, 0.1) is 6.54 Å². The van der Waals surface area contributed by atoms with Gasteiger partial charge in [-0.15, -0.1) is 0 Å². The molecule has 0 unspecified atom stereocenters. The SMILES string of the molecule is CCNCc1ccc(COCCC(C)(C)C)o1. The lowest BCUT2D eigenvalue weighted by molar-refractivity contribution is 0.0836. The highest BCUT2D eigenvalue weighted by atomic mass is 16.5. The van der Waals surface area contributed by atoms with E-state index in [0.29, 0.717) is 12.0 Å². The summed E-state index contributed by atoms with van der Waals surface area (Å²) in [6.45, 7) is 11.8. The topological polar surface area (TPSA) is 34.4 Å². The van der Waals surface area contributed by atoms with Crippen LogP contribution >= 0.6 is 0 Å². The summed E-state index contributed by atoms with van der Waals surface area (Å²) in [4.78, 5) is 0. The first-order chi connectivity index (χ1) is 8.01. The summed E-state index contributed by atoms with van der Waals surface area (Å²) in [7, 11) is 0. The summed E-state index contributed by atoms with van der Waals surface area (Å²) in [6.07, 6.45) is 1.07. The number of furan rings is 1. The van der Waals surface area contributed by atoms with E-state index < -0.39 is 0 Å². The molecule has 0 saturated carbocycles. The molecule has 0 aromatic carbocycles. The molecule has 17 heavy (non-hydrogen) atoms. The molecule has 0 amide bonds. The maximum absolute atomic E-state index is 5.63. The smallest absolute Gasteiger partial charge is 0.129 e. The molecule has 1 aromatic rings. The van der Waals surface area contributed by atoms with E-state index >= 15 is 0 Å². The van der Waals surface area contributed by atoms with Crippen molar-refractivity contribution in [1.29, 1.82) is 0 Å². The van der Waals surface area contributed by atoms with Gasteiger partial charge >= 0.3 is 0 Å². The van der Waals surface area contributed by atoms with Gasteiger partial charge in [0.1, 0.15) is 18.1 Å². The molecule has 0 spiro atoms. The third-order valence-electron chi connectivity index (χ3n) is 2.51. The Hall–Kier alpha value is -0.800. The highest BCUT2D eigenvalue weighted by molar-refractivity contribution is 5.06. The molecule has 1 heterocycles. The molecule has 98 valence electrons. The van der Waals surface area contributed by atoms with Crippen LogP contribution in [0.15, 0.2) is 16.5 Å². The molecule has 0 bridgehead atoms. The van der Waals surface area contributed by atoms with Crippen LogP contribution in [0.2, 0.25) is 0 Å². The summed E-state index contributed by atoms with van der Waals surface area (Å²) in [5, 5.41) is 3.23. The van der Waals surface area contributed by atoms with E-state index in [1.165, 1.54) is 0 Å². The standard InChI is InChI=1S/C14H25NO2/c1-5-15-10-12-6-7-13(17-12)11-16-9-8-14(2,3)4/h6-7,15H,5,8-11H2,1-4H3. The first-order valence-corrected chi connectivity index (χ1v) is 6.37. The highest BCUT2D eigenvalue weighted by Gasteiger charge is 2.09. The maximum atomic E-state index is 5.63. The van der Waals surface area contributed by atoms with Gasteiger partial charge in [0.15, 0.2) is 0 Å². The Morgan fingerprint density at radius 3 is 2.59 bits per heavy atom. The van der Waals surface area contributed by atoms with Gasteiger partial charge in [-0.3, -0.25) is 0 Å². The minimum atomic E-state index is 0.333. The van der Waals surface area contributed by atoms with Gasteiger partial charge in [-0.1, -0.05) is 27.7 Å². The molecule has 1 N–H and O–H groups in total. The van der Waals surface area contributed by atoms with Crippen molar-refractivity contribution >= 4 is 0 Å². The lowest BCUT2D eigenvalue weighted by atomic mass is 9.93. The van der Waals surface area contributed by atoms with E-state index in [1.54, 1.807) is 0 Å². The van der Waals surface area contributed by atoms with Crippen LogP contribution in [0.5, 0.6) is 0 Å². The van der Waals surface area contributed by atoms with E-state index in [2.05, 4.69) is 33.0 Å². The normalized spacial score (nSPS) is 12.0. The molecule has 1 aromatic heterocycles. The maximum Gasteiger partial charge on any atom is 0.129 e. The van der Waals surface area contributed by atoms with Crippen LogP contribution in [0.1, 0.15) is 45.6 Å². The summed E-state index contributed by atoms with van der Waals surface area (Å²) >= 11 is 0. The largest absolute Gasteiger partial charge is 0.462 e. The number of rotatable bonds is 7. The van der Waals surface area contributed by atoms with Crippen molar-refractivity contribution < 1.29 is 9.15 Å². The summed E-state index contributed by atoms with van der Waals surface area (Å²) in [5.41, 5.74) is 0.333. The molecule has 0 atom stereocenters. The second kappa shape index (κ2) is 6.82. The lowest BCUT2D eigenvalue weighted by Crippen LogP contribution is -2.10. The third kappa shape index (κ3) is 6.49. The van der Waals surface area contributed by atoms with Gasteiger partial charge in [-0.2, -0.15) is 0 Å². The number of ether oxygens (including phenoxy) is 1. The second-order valence-electron chi connectivity index (χ2n) is 5.51. The quantitative estimate of drug-likeness (QED) is 0.741. The van der Waals surface area contributed by atoms with Gasteiger partial charge in [0, 0.05) is 6.61 Å². The Morgan fingerprint density at radius 2 is 1.94 bits per heavy atom. The van der Waals surface area contributed by atoms with Crippen LogP contribution in [0.3, 0.4) is 0 Å². The zero-order chi connectivity index (χ0) is 12.7. The van der Waals surface area contributed by atoms with Crippen molar-refractivity contribution in [2.75, 3.05) is 13.2 Å². The van der Waals surface area contributed by atoms with Crippen LogP contribution in [0, 0.1) is 5.41 Å². The molecular weight excluding hydrogens is 214 g/mol. The minimum Gasteiger partial charge on any atom is -0.462 e. The van der Waals surface area contributed by atoms with E-state index in [9.17, 15) is 0 Å². The number of hydrogen-bond donors (Lipinski definition) is 1. The van der Waals surface area contributed by atoms with E-state index in [1.807, 2.05) is 12.1 Å². The zero-order valence-corrected chi connectivity index (χ0v) is 11.5. The number of hydrogen-bond acceptors (Lipinski definition) is 3. The Bertz CT molecular complexity index is 312. The van der Waals surface area contributed by atoms with E-state index in [-0.39, 0.29) is 0 Å². The molecule has 1 rings (SSSR count). The molecule has 0 fully saturated rings. The fourth-order valence-electron chi connectivity index (χ4n) is 1.39. The van der Waals surface area contributed by atoms with Crippen molar-refractivity contribution in [3.05, 3.63) is 23.7 Å². The minimum absolute atomic E-state index is 0.333. The van der Waals surface area contributed by atoms with Gasteiger partial charge in [0.2, 0.25) is 0 Å². The molecule has 0 aliphatic rings. The van der Waals surface area contributed by atoms with Crippen molar-refractivity contribution in [1.82, 2.24) is 5.32 Å². The van der Waals surface area contributed by atoms with Crippen LogP contribution in [0.4, 0.5) is 0 Å². The Morgan fingerprint density at radius 1 is 1.24 bits per heavy atom. The Balaban J connectivity index is 2.21. The molecule has 0 saturated heterocycles. The fourth-order valence-corrected chi connectivity index (χ4v) is 1.39. The second-order valence-corrected chi connectivity index (χ2v) is 5.51. The average molecular weight is 239 g/mol. The average Bonchev–Trinajstić information content (AvgIpc) is 2.68. The van der Waals surface area contributed by atoms with Gasteiger partial charge in [-0.05, 0) is 30.5 Å². The van der Waals surface area contributed by atoms with Crippen LogP contribution in [-0.4, -0.2) is 13.2 Å². The first-order valence-electron chi connectivity index (χ1n) is 6.37. The molecule has 0 aliphatic heterocycles. The van der Waals surface area contributed by atoms with Crippen LogP contribution < -0.4 is 5.32 Å². The molecule has 0 aliphatic carbocycles. The van der Waals surface area contributed by atoms with Crippen molar-refractivity contribution in [3.63, 3.8) is 0 Å². The van der Waals surface area contributed by atoms with Crippen molar-refractivity contribution in [3.8, 4) is 0 Å². The summed E-state index contributed by atoms with van der Waals surface area (Å²) in [6, 6.07) is 3.99. The lowest BCUT2D eigenvalue weighted by Gasteiger charge is -2.17. The molecule has 3 nitrogen and oxygen atoms in total. The highest BCUT2D eigenvalue weighted by Crippen LogP contribution is 2.18. The number of nitrogens with one attached hydrogen (secondary N) is 1. The van der Waals surface area contributed by atoms with Gasteiger partial charge in [-0.25, -0.2) is 0 Å².